The summed E-state index contributed by atoms with van der Waals surface area (Å²) in [6, 6.07) is 8.74. The Morgan fingerprint density at radius 3 is 2.67 bits per heavy atom. The predicted molar refractivity (Wildman–Crippen MR) is 90.1 cm³/mol. The quantitative estimate of drug-likeness (QED) is 0.834. The number of nitrogens with zero attached hydrogens (tertiary/aromatic N) is 1. The maximum Gasteiger partial charge on any atom is 0.316 e. The Morgan fingerprint density at radius 1 is 1.29 bits per heavy atom. The van der Waals surface area contributed by atoms with Crippen molar-refractivity contribution in [3.63, 3.8) is 0 Å². The van der Waals surface area contributed by atoms with Crippen molar-refractivity contribution in [1.82, 2.24) is 15.5 Å². The van der Waals surface area contributed by atoms with Gasteiger partial charge in [0.05, 0.1) is 0 Å². The number of carbonyl (C=O) groups is 1. The van der Waals surface area contributed by atoms with Gasteiger partial charge in [-0.05, 0) is 30.9 Å². The van der Waals surface area contributed by atoms with Crippen molar-refractivity contribution >= 4 is 27.5 Å². The zero-order valence-corrected chi connectivity index (χ0v) is 13.9. The largest absolute Gasteiger partial charge is 0.337 e. The number of carbonyl (C=O) groups excluding carboxylic acids is 1. The number of thiophene rings is 1. The second-order valence-corrected chi connectivity index (χ2v) is 6.47. The third-order valence-corrected chi connectivity index (χ3v) is 4.99. The van der Waals surface area contributed by atoms with Gasteiger partial charge < -0.3 is 15.5 Å². The van der Waals surface area contributed by atoms with E-state index in [-0.39, 0.29) is 6.03 Å². The van der Waals surface area contributed by atoms with Crippen LogP contribution in [0, 0.1) is 6.92 Å². The van der Waals surface area contributed by atoms with Crippen LogP contribution < -0.4 is 10.6 Å². The molecule has 2 N–H and O–H groups in total. The van der Waals surface area contributed by atoms with Crippen LogP contribution in [-0.2, 0) is 0 Å². The zero-order valence-electron chi connectivity index (χ0n) is 13.1. The van der Waals surface area contributed by atoms with E-state index in [4.69, 9.17) is 0 Å². The van der Waals surface area contributed by atoms with Gasteiger partial charge in [0, 0.05) is 42.8 Å². The van der Waals surface area contributed by atoms with E-state index in [1.807, 2.05) is 11.3 Å². The van der Waals surface area contributed by atoms with Crippen molar-refractivity contribution in [2.75, 3.05) is 27.2 Å². The Morgan fingerprint density at radius 2 is 2.00 bits per heavy atom. The maximum atomic E-state index is 11.4. The summed E-state index contributed by atoms with van der Waals surface area (Å²) in [6.45, 7) is 5.74. The molecule has 1 heterocycles. The number of amides is 2. The molecule has 0 aliphatic carbocycles. The maximum absolute atomic E-state index is 11.4. The second kappa shape index (κ2) is 6.91. The highest BCUT2D eigenvalue weighted by Crippen LogP contribution is 2.34. The minimum atomic E-state index is -0.0532. The minimum Gasteiger partial charge on any atom is -0.337 e. The zero-order chi connectivity index (χ0) is 15.4. The molecule has 0 spiro atoms. The van der Waals surface area contributed by atoms with Crippen molar-refractivity contribution in [3.05, 3.63) is 34.7 Å². The molecule has 2 aromatic rings. The number of urea groups is 1. The minimum absolute atomic E-state index is 0.0532. The average molecular weight is 305 g/mol. The molecule has 1 aromatic heterocycles. The van der Waals surface area contributed by atoms with E-state index >= 15 is 0 Å². The normalized spacial score (nSPS) is 12.4. The van der Waals surface area contributed by atoms with E-state index in [2.05, 4.69) is 48.7 Å². The van der Waals surface area contributed by atoms with Crippen LogP contribution in [-0.4, -0.2) is 38.1 Å². The Hall–Kier alpha value is -1.59. The summed E-state index contributed by atoms with van der Waals surface area (Å²) in [5.74, 6) is 0. The fourth-order valence-corrected chi connectivity index (χ4v) is 3.55. The summed E-state index contributed by atoms with van der Waals surface area (Å²) in [6.07, 6.45) is 0. The summed E-state index contributed by atoms with van der Waals surface area (Å²) in [4.78, 5) is 14.3. The monoisotopic (exact) mass is 305 g/mol. The van der Waals surface area contributed by atoms with Gasteiger partial charge in [0.15, 0.2) is 0 Å². The number of aryl methyl sites for hydroxylation is 1. The standard InChI is InChI=1S/C16H23N3OS/c1-11-13-7-5-6-8-14(13)21-15(11)12(2)17-9-10-18-16(20)19(3)4/h5-8,12,17H,9-10H2,1-4H3,(H,18,20). The number of rotatable bonds is 5. The summed E-state index contributed by atoms with van der Waals surface area (Å²) in [5, 5.41) is 7.67. The second-order valence-electron chi connectivity index (χ2n) is 5.39. The van der Waals surface area contributed by atoms with Crippen molar-refractivity contribution in [2.45, 2.75) is 19.9 Å². The van der Waals surface area contributed by atoms with Crippen LogP contribution in [0.1, 0.15) is 23.4 Å². The molecule has 2 amide bonds. The molecular formula is C16H23N3OS. The van der Waals surface area contributed by atoms with Crippen LogP contribution in [0.25, 0.3) is 10.1 Å². The van der Waals surface area contributed by atoms with Crippen molar-refractivity contribution in [3.8, 4) is 0 Å². The van der Waals surface area contributed by atoms with Crippen LogP contribution in [0.4, 0.5) is 4.79 Å². The summed E-state index contributed by atoms with van der Waals surface area (Å²) < 4.78 is 1.33. The van der Waals surface area contributed by atoms with Gasteiger partial charge in [0.2, 0.25) is 0 Å². The Balaban J connectivity index is 1.92. The van der Waals surface area contributed by atoms with Crippen LogP contribution in [0.5, 0.6) is 0 Å². The van der Waals surface area contributed by atoms with Crippen LogP contribution in [0.15, 0.2) is 24.3 Å². The fraction of sp³-hybridized carbons (Fsp3) is 0.438. The van der Waals surface area contributed by atoms with E-state index in [9.17, 15) is 4.79 Å². The van der Waals surface area contributed by atoms with Gasteiger partial charge in [-0.1, -0.05) is 18.2 Å². The molecule has 114 valence electrons. The van der Waals surface area contributed by atoms with Crippen molar-refractivity contribution < 1.29 is 4.79 Å². The predicted octanol–water partition coefficient (Wildman–Crippen LogP) is 3.13. The lowest BCUT2D eigenvalue weighted by Gasteiger charge is -2.15. The highest BCUT2D eigenvalue weighted by atomic mass is 32.1. The molecule has 2 rings (SSSR count). The summed E-state index contributed by atoms with van der Waals surface area (Å²) >= 11 is 1.84. The lowest BCUT2D eigenvalue weighted by molar-refractivity contribution is 0.217. The van der Waals surface area contributed by atoms with Crippen LogP contribution >= 0.6 is 11.3 Å². The first-order chi connectivity index (χ1) is 10.0. The van der Waals surface area contributed by atoms with Crippen LogP contribution in [0.2, 0.25) is 0 Å². The molecule has 21 heavy (non-hydrogen) atoms. The van der Waals surface area contributed by atoms with E-state index in [0.29, 0.717) is 12.6 Å². The first kappa shape index (κ1) is 15.8. The molecular weight excluding hydrogens is 282 g/mol. The van der Waals surface area contributed by atoms with Crippen LogP contribution in [0.3, 0.4) is 0 Å². The van der Waals surface area contributed by atoms with Crippen molar-refractivity contribution in [2.24, 2.45) is 0 Å². The number of hydrogen-bond donors (Lipinski definition) is 2. The average Bonchev–Trinajstić information content (AvgIpc) is 2.81. The molecule has 5 heteroatoms. The molecule has 0 fully saturated rings. The third kappa shape index (κ3) is 3.74. The number of nitrogens with one attached hydrogen (secondary N) is 2. The van der Waals surface area contributed by atoms with E-state index in [1.165, 1.54) is 20.5 Å². The topological polar surface area (TPSA) is 44.4 Å². The number of benzene rings is 1. The molecule has 4 nitrogen and oxygen atoms in total. The van der Waals surface area contributed by atoms with E-state index in [1.54, 1.807) is 19.0 Å². The Bertz CT molecular complexity index is 621. The Kier molecular flexibility index (Phi) is 5.20. The molecule has 0 aliphatic heterocycles. The molecule has 1 atom stereocenters. The third-order valence-electron chi connectivity index (χ3n) is 3.53. The molecule has 0 saturated carbocycles. The van der Waals surface area contributed by atoms with Gasteiger partial charge in [-0.25, -0.2) is 4.79 Å². The first-order valence-electron chi connectivity index (χ1n) is 7.17. The number of fused-ring (bicyclic) bond motifs is 1. The summed E-state index contributed by atoms with van der Waals surface area (Å²) in [7, 11) is 3.48. The summed E-state index contributed by atoms with van der Waals surface area (Å²) in [5.41, 5.74) is 1.35. The van der Waals surface area contributed by atoms with E-state index in [0.717, 1.165) is 6.54 Å². The smallest absolute Gasteiger partial charge is 0.316 e. The van der Waals surface area contributed by atoms with Gasteiger partial charge in [-0.2, -0.15) is 0 Å². The molecule has 0 radical (unpaired) electrons. The highest BCUT2D eigenvalue weighted by molar-refractivity contribution is 7.19. The molecule has 0 aliphatic rings. The van der Waals surface area contributed by atoms with Gasteiger partial charge in [0.1, 0.15) is 0 Å². The molecule has 0 bridgehead atoms. The van der Waals surface area contributed by atoms with Gasteiger partial charge >= 0.3 is 6.03 Å². The lowest BCUT2D eigenvalue weighted by atomic mass is 10.1. The fourth-order valence-electron chi connectivity index (χ4n) is 2.32. The van der Waals surface area contributed by atoms with Crippen molar-refractivity contribution in [1.29, 1.82) is 0 Å². The SMILES string of the molecule is Cc1c(C(C)NCCNC(=O)N(C)C)sc2ccccc12. The van der Waals surface area contributed by atoms with Gasteiger partial charge in [-0.15, -0.1) is 11.3 Å². The van der Waals surface area contributed by atoms with Gasteiger partial charge in [-0.3, -0.25) is 0 Å². The molecule has 1 aromatic carbocycles. The first-order valence-corrected chi connectivity index (χ1v) is 7.99. The molecule has 0 saturated heterocycles. The van der Waals surface area contributed by atoms with E-state index < -0.39 is 0 Å². The lowest BCUT2D eigenvalue weighted by Crippen LogP contribution is -2.38. The van der Waals surface area contributed by atoms with Gasteiger partial charge in [0.25, 0.3) is 0 Å². The highest BCUT2D eigenvalue weighted by Gasteiger charge is 2.13. The molecule has 1 unspecified atom stereocenters. The number of hydrogen-bond acceptors (Lipinski definition) is 3. The Labute approximate surface area is 130 Å².